The highest BCUT2D eigenvalue weighted by Crippen LogP contribution is 2.32. The first-order valence-electron chi connectivity index (χ1n) is 8.90. The van der Waals surface area contributed by atoms with E-state index < -0.39 is 0 Å². The Hall–Kier alpha value is -2.01. The Balaban J connectivity index is 1.73. The molecule has 5 heteroatoms. The van der Waals surface area contributed by atoms with Crippen LogP contribution in [0.2, 0.25) is 0 Å². The quantitative estimate of drug-likeness (QED) is 0.869. The molecular formula is C19H24N4O. The van der Waals surface area contributed by atoms with E-state index >= 15 is 0 Å². The summed E-state index contributed by atoms with van der Waals surface area (Å²) >= 11 is 0. The molecule has 3 heterocycles. The summed E-state index contributed by atoms with van der Waals surface area (Å²) < 4.78 is 5.93. The van der Waals surface area contributed by atoms with Gasteiger partial charge in [-0.25, -0.2) is 9.97 Å². The molecule has 0 bridgehead atoms. The first-order valence-corrected chi connectivity index (χ1v) is 8.90. The predicted molar refractivity (Wildman–Crippen MR) is 94.1 cm³/mol. The van der Waals surface area contributed by atoms with Crippen molar-refractivity contribution < 1.29 is 4.74 Å². The second-order valence-electron chi connectivity index (χ2n) is 6.96. The number of nitrogens with zero attached hydrogens (tertiary/aromatic N) is 4. The standard InChI is InChI=1S/C19H24N4O/c1-13(2)17-12-23(10-11-24-17)19-14-6-5-8-15(14)21-18(22-19)16-7-3-4-9-20-16/h3-4,7,9,13,17H,5-6,8,10-12H2,1-2H3. The van der Waals surface area contributed by atoms with Gasteiger partial charge in [0.1, 0.15) is 11.5 Å². The van der Waals surface area contributed by atoms with Crippen LogP contribution in [-0.4, -0.2) is 40.8 Å². The van der Waals surface area contributed by atoms with Crippen molar-refractivity contribution in [3.05, 3.63) is 35.7 Å². The van der Waals surface area contributed by atoms with E-state index in [2.05, 4.69) is 23.7 Å². The minimum absolute atomic E-state index is 0.268. The Morgan fingerprint density at radius 2 is 2.12 bits per heavy atom. The maximum absolute atomic E-state index is 5.93. The van der Waals surface area contributed by atoms with Crippen LogP contribution in [-0.2, 0) is 17.6 Å². The molecule has 1 unspecified atom stereocenters. The molecule has 126 valence electrons. The Kier molecular flexibility index (Phi) is 4.19. The Bertz CT molecular complexity index is 717. The lowest BCUT2D eigenvalue weighted by atomic mass is 10.1. The number of fused-ring (bicyclic) bond motifs is 1. The van der Waals surface area contributed by atoms with E-state index in [0.717, 1.165) is 49.9 Å². The second kappa shape index (κ2) is 6.48. The molecule has 5 nitrogen and oxygen atoms in total. The molecular weight excluding hydrogens is 300 g/mol. The molecule has 2 aromatic rings. The molecule has 1 saturated heterocycles. The van der Waals surface area contributed by atoms with Crippen molar-refractivity contribution in [2.75, 3.05) is 24.6 Å². The summed E-state index contributed by atoms with van der Waals surface area (Å²) in [6.45, 7) is 7.01. The zero-order chi connectivity index (χ0) is 16.5. The van der Waals surface area contributed by atoms with E-state index in [-0.39, 0.29) is 6.10 Å². The maximum atomic E-state index is 5.93. The fraction of sp³-hybridized carbons (Fsp3) is 0.526. The van der Waals surface area contributed by atoms with Crippen molar-refractivity contribution in [3.8, 4) is 11.5 Å². The summed E-state index contributed by atoms with van der Waals surface area (Å²) in [4.78, 5) is 16.6. The van der Waals surface area contributed by atoms with Gasteiger partial charge < -0.3 is 9.64 Å². The van der Waals surface area contributed by atoms with Crippen molar-refractivity contribution in [2.24, 2.45) is 5.92 Å². The van der Waals surface area contributed by atoms with Crippen molar-refractivity contribution >= 4 is 5.82 Å². The normalized spacial score (nSPS) is 20.5. The third-order valence-electron chi connectivity index (χ3n) is 4.94. The lowest BCUT2D eigenvalue weighted by Gasteiger charge is -2.36. The van der Waals surface area contributed by atoms with Crippen LogP contribution in [0.4, 0.5) is 5.82 Å². The van der Waals surface area contributed by atoms with Crippen molar-refractivity contribution in [2.45, 2.75) is 39.2 Å². The first-order chi connectivity index (χ1) is 11.7. The zero-order valence-electron chi connectivity index (χ0n) is 14.4. The molecule has 1 atom stereocenters. The summed E-state index contributed by atoms with van der Waals surface area (Å²) in [5.41, 5.74) is 3.38. The van der Waals surface area contributed by atoms with E-state index in [1.807, 2.05) is 18.2 Å². The molecule has 1 aliphatic heterocycles. The highest BCUT2D eigenvalue weighted by molar-refractivity contribution is 5.59. The predicted octanol–water partition coefficient (Wildman–Crippen LogP) is 2.89. The van der Waals surface area contributed by atoms with Gasteiger partial charge in [0.25, 0.3) is 0 Å². The van der Waals surface area contributed by atoms with Crippen LogP contribution in [0.5, 0.6) is 0 Å². The number of pyridine rings is 1. The number of morpholine rings is 1. The van der Waals surface area contributed by atoms with Crippen LogP contribution in [0, 0.1) is 5.92 Å². The Labute approximate surface area is 143 Å². The second-order valence-corrected chi connectivity index (χ2v) is 6.96. The van der Waals surface area contributed by atoms with Crippen LogP contribution in [0.25, 0.3) is 11.5 Å². The van der Waals surface area contributed by atoms with E-state index in [9.17, 15) is 0 Å². The molecule has 2 aromatic heterocycles. The van der Waals surface area contributed by atoms with Crippen LogP contribution in [0.15, 0.2) is 24.4 Å². The van der Waals surface area contributed by atoms with Gasteiger partial charge in [0.2, 0.25) is 0 Å². The minimum Gasteiger partial charge on any atom is -0.374 e. The largest absolute Gasteiger partial charge is 0.374 e. The molecule has 0 N–H and O–H groups in total. The van der Waals surface area contributed by atoms with E-state index in [4.69, 9.17) is 14.7 Å². The molecule has 24 heavy (non-hydrogen) atoms. The van der Waals surface area contributed by atoms with E-state index in [0.29, 0.717) is 5.92 Å². The van der Waals surface area contributed by atoms with Crippen LogP contribution in [0.3, 0.4) is 0 Å². The first kappa shape index (κ1) is 15.5. The molecule has 4 rings (SSSR count). The fourth-order valence-electron chi connectivity index (χ4n) is 3.55. The maximum Gasteiger partial charge on any atom is 0.180 e. The molecule has 1 aliphatic carbocycles. The average Bonchev–Trinajstić information content (AvgIpc) is 3.10. The van der Waals surface area contributed by atoms with Gasteiger partial charge >= 0.3 is 0 Å². The number of ether oxygens (including phenoxy) is 1. The van der Waals surface area contributed by atoms with Gasteiger partial charge in [-0.3, -0.25) is 4.98 Å². The molecule has 2 aliphatic rings. The van der Waals surface area contributed by atoms with Crippen LogP contribution >= 0.6 is 0 Å². The number of anilines is 1. The fourth-order valence-corrected chi connectivity index (χ4v) is 3.55. The zero-order valence-corrected chi connectivity index (χ0v) is 14.4. The Morgan fingerprint density at radius 3 is 2.92 bits per heavy atom. The molecule has 0 amide bonds. The van der Waals surface area contributed by atoms with E-state index in [1.54, 1.807) is 6.20 Å². The van der Waals surface area contributed by atoms with Gasteiger partial charge in [-0.05, 0) is 37.3 Å². The highest BCUT2D eigenvalue weighted by Gasteiger charge is 2.28. The minimum atomic E-state index is 0.268. The van der Waals surface area contributed by atoms with Crippen LogP contribution < -0.4 is 4.90 Å². The third-order valence-corrected chi connectivity index (χ3v) is 4.94. The monoisotopic (exact) mass is 324 g/mol. The van der Waals surface area contributed by atoms with Crippen molar-refractivity contribution in [1.82, 2.24) is 15.0 Å². The summed E-state index contributed by atoms with van der Waals surface area (Å²) in [6, 6.07) is 5.89. The summed E-state index contributed by atoms with van der Waals surface area (Å²) in [5, 5.41) is 0. The van der Waals surface area contributed by atoms with Gasteiger partial charge in [-0.1, -0.05) is 19.9 Å². The van der Waals surface area contributed by atoms with Gasteiger partial charge in [-0.15, -0.1) is 0 Å². The lowest BCUT2D eigenvalue weighted by molar-refractivity contribution is 0.0111. The van der Waals surface area contributed by atoms with Gasteiger partial charge in [0, 0.05) is 30.5 Å². The van der Waals surface area contributed by atoms with Crippen molar-refractivity contribution in [1.29, 1.82) is 0 Å². The van der Waals surface area contributed by atoms with Crippen molar-refractivity contribution in [3.63, 3.8) is 0 Å². The SMILES string of the molecule is CC(C)C1CN(c2nc(-c3ccccn3)nc3c2CCC3)CCO1. The number of aryl methyl sites for hydroxylation is 1. The van der Waals surface area contributed by atoms with Crippen LogP contribution in [0.1, 0.15) is 31.5 Å². The molecule has 0 aromatic carbocycles. The average molecular weight is 324 g/mol. The van der Waals surface area contributed by atoms with Gasteiger partial charge in [0.15, 0.2) is 5.82 Å². The molecule has 1 fully saturated rings. The third kappa shape index (κ3) is 2.88. The lowest BCUT2D eigenvalue weighted by Crippen LogP contribution is -2.45. The summed E-state index contributed by atoms with van der Waals surface area (Å²) in [5.74, 6) is 2.36. The smallest absolute Gasteiger partial charge is 0.180 e. The van der Waals surface area contributed by atoms with Gasteiger partial charge in [-0.2, -0.15) is 0 Å². The Morgan fingerprint density at radius 1 is 1.21 bits per heavy atom. The number of hydrogen-bond acceptors (Lipinski definition) is 5. The van der Waals surface area contributed by atoms with Gasteiger partial charge in [0.05, 0.1) is 12.7 Å². The summed E-state index contributed by atoms with van der Waals surface area (Å²) in [7, 11) is 0. The molecule has 0 saturated carbocycles. The number of rotatable bonds is 3. The topological polar surface area (TPSA) is 51.1 Å². The highest BCUT2D eigenvalue weighted by atomic mass is 16.5. The number of hydrogen-bond donors (Lipinski definition) is 0. The molecule has 0 spiro atoms. The van der Waals surface area contributed by atoms with E-state index in [1.165, 1.54) is 17.7 Å². The molecule has 0 radical (unpaired) electrons. The number of aromatic nitrogens is 3. The summed E-state index contributed by atoms with van der Waals surface area (Å²) in [6.07, 6.45) is 5.36.